The highest BCUT2D eigenvalue weighted by atomic mass is 32.2. The fraction of sp³-hybridized carbons (Fsp3) is 0.571. The molecule has 1 fully saturated rings. The maximum absolute atomic E-state index is 11.6. The van der Waals surface area contributed by atoms with Gasteiger partial charge < -0.3 is 5.32 Å². The molecule has 0 radical (unpaired) electrons. The molecule has 0 saturated carbocycles. The van der Waals surface area contributed by atoms with E-state index in [1.807, 2.05) is 0 Å². The fourth-order valence-electron chi connectivity index (χ4n) is 2.47. The molecule has 0 aliphatic carbocycles. The van der Waals surface area contributed by atoms with Crippen LogP contribution >= 0.6 is 11.8 Å². The number of piperidine rings is 1. The van der Waals surface area contributed by atoms with E-state index in [4.69, 9.17) is 0 Å². The Balaban J connectivity index is 1.87. The highest BCUT2D eigenvalue weighted by Gasteiger charge is 2.25. The Labute approximate surface area is 126 Å². The summed E-state index contributed by atoms with van der Waals surface area (Å²) in [6.45, 7) is 2.12. The summed E-state index contributed by atoms with van der Waals surface area (Å²) in [5.74, 6) is 0.388. The number of anilines is 1. The summed E-state index contributed by atoms with van der Waals surface area (Å²) in [6, 6.07) is 8.33. The Morgan fingerprint density at radius 2 is 2.05 bits per heavy atom. The standard InChI is InChI=1S/C14H22N2O2S2/c1-19-14-7-5-13(6-8-14)15-10-12-4-3-9-16(11-12)20(2,17)18/h5-8,12,15H,3-4,9-11H2,1-2H3. The maximum Gasteiger partial charge on any atom is 0.211 e. The minimum Gasteiger partial charge on any atom is -0.385 e. The Bertz CT molecular complexity index is 529. The van der Waals surface area contributed by atoms with E-state index in [9.17, 15) is 8.42 Å². The van der Waals surface area contributed by atoms with Crippen LogP contribution in [0.5, 0.6) is 0 Å². The Morgan fingerprint density at radius 1 is 1.35 bits per heavy atom. The highest BCUT2D eigenvalue weighted by Crippen LogP contribution is 2.21. The molecule has 0 bridgehead atoms. The average molecular weight is 314 g/mol. The zero-order valence-corrected chi connectivity index (χ0v) is 13.6. The van der Waals surface area contributed by atoms with Gasteiger partial charge in [-0.2, -0.15) is 0 Å². The summed E-state index contributed by atoms with van der Waals surface area (Å²) in [5, 5.41) is 3.41. The number of nitrogens with one attached hydrogen (secondary N) is 1. The van der Waals surface area contributed by atoms with Gasteiger partial charge in [0.25, 0.3) is 0 Å². The zero-order chi connectivity index (χ0) is 14.6. The number of thioether (sulfide) groups is 1. The second-order valence-corrected chi connectivity index (χ2v) is 8.10. The number of benzene rings is 1. The molecule has 6 heteroatoms. The molecule has 1 N–H and O–H groups in total. The molecule has 1 aromatic carbocycles. The van der Waals surface area contributed by atoms with E-state index in [-0.39, 0.29) is 0 Å². The van der Waals surface area contributed by atoms with E-state index in [0.29, 0.717) is 19.0 Å². The summed E-state index contributed by atoms with van der Waals surface area (Å²) >= 11 is 1.73. The van der Waals surface area contributed by atoms with Crippen molar-refractivity contribution in [2.45, 2.75) is 17.7 Å². The van der Waals surface area contributed by atoms with Crippen molar-refractivity contribution < 1.29 is 8.42 Å². The number of nitrogens with zero attached hydrogens (tertiary/aromatic N) is 1. The normalized spacial score (nSPS) is 20.8. The number of sulfonamides is 1. The third kappa shape index (κ3) is 4.40. The zero-order valence-electron chi connectivity index (χ0n) is 12.0. The maximum atomic E-state index is 11.6. The van der Waals surface area contributed by atoms with Crippen LogP contribution in [-0.2, 0) is 10.0 Å². The lowest BCUT2D eigenvalue weighted by molar-refractivity contribution is 0.277. The lowest BCUT2D eigenvalue weighted by Crippen LogP contribution is -2.41. The van der Waals surface area contributed by atoms with Gasteiger partial charge in [-0.05, 0) is 49.3 Å². The van der Waals surface area contributed by atoms with E-state index >= 15 is 0 Å². The van der Waals surface area contributed by atoms with Crippen molar-refractivity contribution >= 4 is 27.5 Å². The third-order valence-corrected chi connectivity index (χ3v) is 5.65. The summed E-state index contributed by atoms with van der Waals surface area (Å²) in [5.41, 5.74) is 1.10. The Hall–Kier alpha value is -0.720. The molecule has 2 rings (SSSR count). The van der Waals surface area contributed by atoms with Crippen LogP contribution in [0.4, 0.5) is 5.69 Å². The Kier molecular flexibility index (Phi) is 5.35. The molecule has 0 aromatic heterocycles. The second kappa shape index (κ2) is 6.83. The number of hydrogen-bond acceptors (Lipinski definition) is 4. The van der Waals surface area contributed by atoms with E-state index in [0.717, 1.165) is 25.1 Å². The fourth-order valence-corrected chi connectivity index (χ4v) is 3.82. The van der Waals surface area contributed by atoms with E-state index in [1.165, 1.54) is 11.2 Å². The van der Waals surface area contributed by atoms with Crippen molar-refractivity contribution in [3.63, 3.8) is 0 Å². The minimum absolute atomic E-state index is 0.388. The molecule has 4 nitrogen and oxygen atoms in total. The first kappa shape index (κ1) is 15.7. The molecule has 1 saturated heterocycles. The molecular formula is C14H22N2O2S2. The molecule has 0 amide bonds. The van der Waals surface area contributed by atoms with Crippen molar-refractivity contribution in [3.05, 3.63) is 24.3 Å². The summed E-state index contributed by atoms with van der Waals surface area (Å²) < 4.78 is 24.8. The van der Waals surface area contributed by atoms with Crippen molar-refractivity contribution in [2.75, 3.05) is 37.5 Å². The quantitative estimate of drug-likeness (QED) is 0.848. The molecule has 112 valence electrons. The van der Waals surface area contributed by atoms with Gasteiger partial charge in [0, 0.05) is 30.2 Å². The summed E-state index contributed by atoms with van der Waals surface area (Å²) in [6.07, 6.45) is 5.39. The first-order valence-corrected chi connectivity index (χ1v) is 9.89. The van der Waals surface area contributed by atoms with Crippen LogP contribution in [0.3, 0.4) is 0 Å². The van der Waals surface area contributed by atoms with Gasteiger partial charge in [-0.25, -0.2) is 12.7 Å². The van der Waals surface area contributed by atoms with Crippen molar-refractivity contribution in [1.29, 1.82) is 0 Å². The van der Waals surface area contributed by atoms with Gasteiger partial charge in [0.15, 0.2) is 0 Å². The van der Waals surface area contributed by atoms with Crippen LogP contribution in [0.15, 0.2) is 29.2 Å². The van der Waals surface area contributed by atoms with Gasteiger partial charge in [0.05, 0.1) is 6.26 Å². The molecule has 1 unspecified atom stereocenters. The topological polar surface area (TPSA) is 49.4 Å². The van der Waals surface area contributed by atoms with Gasteiger partial charge in [-0.15, -0.1) is 11.8 Å². The second-order valence-electron chi connectivity index (χ2n) is 5.24. The number of rotatable bonds is 5. The van der Waals surface area contributed by atoms with Crippen molar-refractivity contribution in [2.24, 2.45) is 5.92 Å². The predicted molar refractivity (Wildman–Crippen MR) is 85.9 cm³/mol. The first-order valence-electron chi connectivity index (χ1n) is 6.82. The van der Waals surface area contributed by atoms with Gasteiger partial charge >= 0.3 is 0 Å². The SMILES string of the molecule is CSc1ccc(NCC2CCCN(S(C)(=O)=O)C2)cc1. The van der Waals surface area contributed by atoms with E-state index in [1.54, 1.807) is 16.1 Å². The van der Waals surface area contributed by atoms with Gasteiger partial charge in [-0.1, -0.05) is 0 Å². The molecule has 1 heterocycles. The van der Waals surface area contributed by atoms with Crippen LogP contribution in [0.25, 0.3) is 0 Å². The third-order valence-electron chi connectivity index (χ3n) is 3.64. The van der Waals surface area contributed by atoms with E-state index in [2.05, 4.69) is 35.8 Å². The van der Waals surface area contributed by atoms with Gasteiger partial charge in [-0.3, -0.25) is 0 Å². The summed E-state index contributed by atoms with van der Waals surface area (Å²) in [4.78, 5) is 1.25. The molecule has 1 atom stereocenters. The summed E-state index contributed by atoms with van der Waals surface area (Å²) in [7, 11) is -3.05. The van der Waals surface area contributed by atoms with Crippen LogP contribution in [0.2, 0.25) is 0 Å². The lowest BCUT2D eigenvalue weighted by atomic mass is 9.99. The molecule has 1 aliphatic rings. The molecule has 1 aromatic rings. The molecular weight excluding hydrogens is 292 g/mol. The molecule has 20 heavy (non-hydrogen) atoms. The van der Waals surface area contributed by atoms with Gasteiger partial charge in [0.2, 0.25) is 10.0 Å². The average Bonchev–Trinajstić information content (AvgIpc) is 2.45. The van der Waals surface area contributed by atoms with E-state index < -0.39 is 10.0 Å². The smallest absolute Gasteiger partial charge is 0.211 e. The lowest BCUT2D eigenvalue weighted by Gasteiger charge is -2.31. The molecule has 0 spiro atoms. The monoisotopic (exact) mass is 314 g/mol. The largest absolute Gasteiger partial charge is 0.385 e. The Morgan fingerprint density at radius 3 is 2.65 bits per heavy atom. The van der Waals surface area contributed by atoms with Crippen molar-refractivity contribution in [1.82, 2.24) is 4.31 Å². The predicted octanol–water partition coefficient (Wildman–Crippen LogP) is 2.49. The van der Waals surface area contributed by atoms with Crippen LogP contribution in [0.1, 0.15) is 12.8 Å². The minimum atomic E-state index is -3.05. The van der Waals surface area contributed by atoms with Crippen molar-refractivity contribution in [3.8, 4) is 0 Å². The highest BCUT2D eigenvalue weighted by molar-refractivity contribution is 7.98. The first-order chi connectivity index (χ1) is 9.49. The van der Waals surface area contributed by atoms with Crippen LogP contribution < -0.4 is 5.32 Å². The molecule has 1 aliphatic heterocycles. The van der Waals surface area contributed by atoms with Crippen LogP contribution in [0, 0.1) is 5.92 Å². The van der Waals surface area contributed by atoms with Gasteiger partial charge in [0.1, 0.15) is 0 Å². The van der Waals surface area contributed by atoms with Crippen LogP contribution in [-0.4, -0.2) is 44.9 Å². The number of hydrogen-bond donors (Lipinski definition) is 1.